The summed E-state index contributed by atoms with van der Waals surface area (Å²) < 4.78 is 0. The van der Waals surface area contributed by atoms with E-state index in [9.17, 15) is 0 Å². The van der Waals surface area contributed by atoms with E-state index in [1.165, 1.54) is 31.6 Å². The first kappa shape index (κ1) is 17.8. The van der Waals surface area contributed by atoms with Gasteiger partial charge in [0.1, 0.15) is 0 Å². The summed E-state index contributed by atoms with van der Waals surface area (Å²) in [6.07, 6.45) is 1.26. The number of rotatable bonds is 6. The minimum absolute atomic E-state index is 0.713. The molecule has 1 fully saturated rings. The number of hydrogen-bond donors (Lipinski definition) is 2. The summed E-state index contributed by atoms with van der Waals surface area (Å²) in [5.41, 5.74) is 1.24. The van der Waals surface area contributed by atoms with Crippen LogP contribution in [0.3, 0.4) is 0 Å². The fourth-order valence-corrected chi connectivity index (χ4v) is 2.75. The van der Waals surface area contributed by atoms with Gasteiger partial charge in [-0.1, -0.05) is 30.3 Å². The van der Waals surface area contributed by atoms with Crippen molar-refractivity contribution in [1.82, 2.24) is 20.4 Å². The number of benzene rings is 1. The van der Waals surface area contributed by atoms with Crippen molar-refractivity contribution in [3.05, 3.63) is 35.9 Å². The van der Waals surface area contributed by atoms with E-state index in [2.05, 4.69) is 63.7 Å². The summed E-state index contributed by atoms with van der Waals surface area (Å²) in [6.45, 7) is 10.4. The standard InChI is InChI=1S/C18H31N5/c1-3-19-18(21-16-17-8-5-4-6-9-17)20-10-13-23-12-7-11-22(2)14-15-23/h4-6,8-9H,3,7,10-16H2,1-2H3,(H2,19,20,21). The molecule has 1 heterocycles. The molecule has 0 spiro atoms. The minimum atomic E-state index is 0.713. The van der Waals surface area contributed by atoms with Gasteiger partial charge in [0.2, 0.25) is 0 Å². The largest absolute Gasteiger partial charge is 0.357 e. The molecule has 0 radical (unpaired) electrons. The first-order chi connectivity index (χ1) is 11.3. The lowest BCUT2D eigenvalue weighted by Gasteiger charge is -2.21. The fraction of sp³-hybridized carbons (Fsp3) is 0.611. The molecule has 1 saturated heterocycles. The Labute approximate surface area is 140 Å². The van der Waals surface area contributed by atoms with Crippen LogP contribution in [-0.4, -0.2) is 68.6 Å². The van der Waals surface area contributed by atoms with Crippen LogP contribution in [-0.2, 0) is 6.54 Å². The normalized spacial score (nSPS) is 17.7. The van der Waals surface area contributed by atoms with Crippen molar-refractivity contribution in [2.75, 3.05) is 52.9 Å². The second kappa shape index (κ2) is 10.2. The van der Waals surface area contributed by atoms with Crippen molar-refractivity contribution in [2.24, 2.45) is 4.99 Å². The lowest BCUT2D eigenvalue weighted by molar-refractivity contribution is 0.280. The van der Waals surface area contributed by atoms with E-state index in [1.807, 2.05) is 6.07 Å². The smallest absolute Gasteiger partial charge is 0.191 e. The Morgan fingerprint density at radius 1 is 1.09 bits per heavy atom. The zero-order valence-electron chi connectivity index (χ0n) is 14.6. The van der Waals surface area contributed by atoms with E-state index in [-0.39, 0.29) is 0 Å². The molecule has 0 unspecified atom stereocenters. The topological polar surface area (TPSA) is 42.9 Å². The third-order valence-electron chi connectivity index (χ3n) is 4.14. The van der Waals surface area contributed by atoms with E-state index < -0.39 is 0 Å². The lowest BCUT2D eigenvalue weighted by atomic mass is 10.2. The highest BCUT2D eigenvalue weighted by Gasteiger charge is 2.11. The molecule has 2 N–H and O–H groups in total. The molecule has 1 aliphatic heterocycles. The zero-order valence-corrected chi connectivity index (χ0v) is 14.6. The van der Waals surface area contributed by atoms with Crippen LogP contribution < -0.4 is 10.6 Å². The summed E-state index contributed by atoms with van der Waals surface area (Å²) >= 11 is 0. The molecule has 5 heteroatoms. The van der Waals surface area contributed by atoms with Gasteiger partial charge in [-0.05, 0) is 39.0 Å². The third-order valence-corrected chi connectivity index (χ3v) is 4.14. The van der Waals surface area contributed by atoms with Gasteiger partial charge in [-0.25, -0.2) is 4.99 Å². The van der Waals surface area contributed by atoms with E-state index in [1.54, 1.807) is 0 Å². The molecule has 0 saturated carbocycles. The van der Waals surface area contributed by atoms with Crippen molar-refractivity contribution >= 4 is 5.96 Å². The Bertz CT molecular complexity index is 460. The van der Waals surface area contributed by atoms with Gasteiger partial charge in [0, 0.05) is 32.7 Å². The van der Waals surface area contributed by atoms with Gasteiger partial charge in [-0.3, -0.25) is 0 Å². The van der Waals surface area contributed by atoms with E-state index in [4.69, 9.17) is 0 Å². The van der Waals surface area contributed by atoms with E-state index >= 15 is 0 Å². The number of hydrogen-bond acceptors (Lipinski definition) is 3. The predicted octanol–water partition coefficient (Wildman–Crippen LogP) is 1.38. The number of likely N-dealkylation sites (N-methyl/N-ethyl adjacent to an activating group) is 1. The molecular formula is C18H31N5. The van der Waals surface area contributed by atoms with Gasteiger partial charge in [-0.15, -0.1) is 0 Å². The molecule has 0 amide bonds. The van der Waals surface area contributed by atoms with Gasteiger partial charge in [-0.2, -0.15) is 0 Å². The Balaban J connectivity index is 1.75. The maximum Gasteiger partial charge on any atom is 0.191 e. The van der Waals surface area contributed by atoms with E-state index in [0.717, 1.165) is 32.1 Å². The van der Waals surface area contributed by atoms with Crippen molar-refractivity contribution in [2.45, 2.75) is 19.9 Å². The summed E-state index contributed by atoms with van der Waals surface area (Å²) in [5, 5.41) is 6.78. The molecule has 2 rings (SSSR count). The number of aliphatic imine (C=N–C) groups is 1. The number of guanidine groups is 1. The molecular weight excluding hydrogens is 286 g/mol. The first-order valence-electron chi connectivity index (χ1n) is 8.75. The van der Waals surface area contributed by atoms with Gasteiger partial charge in [0.25, 0.3) is 0 Å². The highest BCUT2D eigenvalue weighted by molar-refractivity contribution is 5.79. The van der Waals surface area contributed by atoms with Crippen LogP contribution >= 0.6 is 0 Å². The van der Waals surface area contributed by atoms with Gasteiger partial charge < -0.3 is 20.4 Å². The third kappa shape index (κ3) is 7.01. The molecule has 23 heavy (non-hydrogen) atoms. The summed E-state index contributed by atoms with van der Waals surface area (Å²) in [6, 6.07) is 10.4. The summed E-state index contributed by atoms with van der Waals surface area (Å²) in [5.74, 6) is 0.906. The van der Waals surface area contributed by atoms with Crippen molar-refractivity contribution in [3.63, 3.8) is 0 Å². The van der Waals surface area contributed by atoms with Crippen LogP contribution in [0.1, 0.15) is 18.9 Å². The van der Waals surface area contributed by atoms with Crippen molar-refractivity contribution in [3.8, 4) is 0 Å². The van der Waals surface area contributed by atoms with Crippen LogP contribution in [0.25, 0.3) is 0 Å². The second-order valence-electron chi connectivity index (χ2n) is 6.11. The Morgan fingerprint density at radius 2 is 1.91 bits per heavy atom. The Hall–Kier alpha value is -1.59. The molecule has 0 atom stereocenters. The van der Waals surface area contributed by atoms with Crippen molar-refractivity contribution < 1.29 is 0 Å². The van der Waals surface area contributed by atoms with Crippen LogP contribution in [0, 0.1) is 0 Å². The predicted molar refractivity (Wildman–Crippen MR) is 97.8 cm³/mol. The molecule has 0 bridgehead atoms. The second-order valence-corrected chi connectivity index (χ2v) is 6.11. The number of nitrogens with one attached hydrogen (secondary N) is 2. The number of nitrogens with zero attached hydrogens (tertiary/aromatic N) is 3. The monoisotopic (exact) mass is 317 g/mol. The van der Waals surface area contributed by atoms with Crippen LogP contribution in [0.4, 0.5) is 0 Å². The molecule has 1 aliphatic rings. The summed E-state index contributed by atoms with van der Waals surface area (Å²) in [4.78, 5) is 9.62. The quantitative estimate of drug-likeness (QED) is 0.614. The Morgan fingerprint density at radius 3 is 2.70 bits per heavy atom. The molecule has 128 valence electrons. The fourth-order valence-electron chi connectivity index (χ4n) is 2.75. The van der Waals surface area contributed by atoms with Gasteiger partial charge >= 0.3 is 0 Å². The van der Waals surface area contributed by atoms with Gasteiger partial charge in [0.05, 0.1) is 6.54 Å². The average molecular weight is 317 g/mol. The van der Waals surface area contributed by atoms with Crippen LogP contribution in [0.5, 0.6) is 0 Å². The first-order valence-corrected chi connectivity index (χ1v) is 8.75. The molecule has 1 aromatic rings. The maximum absolute atomic E-state index is 4.66. The highest BCUT2D eigenvalue weighted by Crippen LogP contribution is 2.01. The molecule has 5 nitrogen and oxygen atoms in total. The van der Waals surface area contributed by atoms with Gasteiger partial charge in [0.15, 0.2) is 5.96 Å². The highest BCUT2D eigenvalue weighted by atomic mass is 15.2. The lowest BCUT2D eigenvalue weighted by Crippen LogP contribution is -2.42. The SMILES string of the molecule is CCNC(=NCc1ccccc1)NCCN1CCCN(C)CC1. The molecule has 1 aromatic carbocycles. The minimum Gasteiger partial charge on any atom is -0.357 e. The van der Waals surface area contributed by atoms with Crippen LogP contribution in [0.2, 0.25) is 0 Å². The summed E-state index contributed by atoms with van der Waals surface area (Å²) in [7, 11) is 2.21. The molecule has 0 aliphatic carbocycles. The Kier molecular flexibility index (Phi) is 7.90. The average Bonchev–Trinajstić information content (AvgIpc) is 2.78. The zero-order chi connectivity index (χ0) is 16.3. The van der Waals surface area contributed by atoms with Crippen molar-refractivity contribution in [1.29, 1.82) is 0 Å². The maximum atomic E-state index is 4.66. The van der Waals surface area contributed by atoms with Crippen LogP contribution in [0.15, 0.2) is 35.3 Å². The van der Waals surface area contributed by atoms with E-state index in [0.29, 0.717) is 6.54 Å². The molecule has 0 aromatic heterocycles.